The van der Waals surface area contributed by atoms with E-state index in [0.717, 1.165) is 92.6 Å². The molecule has 74 heavy (non-hydrogen) atoms. The van der Waals surface area contributed by atoms with Crippen molar-refractivity contribution in [3.05, 3.63) is 191 Å². The van der Waals surface area contributed by atoms with Crippen LogP contribution < -0.4 is 0 Å². The molecule has 2 aromatic heterocycles. The summed E-state index contributed by atoms with van der Waals surface area (Å²) in [6.07, 6.45) is 5.46. The largest absolute Gasteiger partial charge is 0.507 e. The third-order valence-electron chi connectivity index (χ3n) is 16.3. The molecule has 9 rings (SSSR count). The Morgan fingerprint density at radius 1 is 0.500 bits per heavy atom. The van der Waals surface area contributed by atoms with E-state index in [4.69, 9.17) is 14.1 Å². The van der Waals surface area contributed by atoms with E-state index in [9.17, 15) is 9.22 Å². The number of hydrogen-bond acceptors (Lipinski definition) is 3. The van der Waals surface area contributed by atoms with E-state index in [2.05, 4.69) is 150 Å². The summed E-state index contributed by atoms with van der Waals surface area (Å²) in [4.78, 5) is 10.5. The molecule has 0 saturated heterocycles. The first-order valence-electron chi connectivity index (χ1n) is 29.6. The van der Waals surface area contributed by atoms with Crippen LogP contribution in [-0.2, 0) is 21.7 Å². The second kappa shape index (κ2) is 20.0. The number of benzene rings is 7. The number of hydrogen-bond donors (Lipinski definition) is 1. The quantitative estimate of drug-likeness (QED) is 0.125. The fraction of sp³-hybridized carbons (Fsp3) is 0.314. The monoisotopic (exact) mass is 982 g/mol. The standard InChI is InChI=1S/C70H77N3O/c1-15-69(13,16-2)57-27-23-28-58(70(14,17-3)18-4)63(57)50-34-35-61(46(6)38-50)73-62-29-22-26-55(64(62)72-66(73)56-43-54(67(7,8)9)44-59(65(56)74)68(10,11)12)52-39-51(47-24-20-19-21-25-47)40-53(41-52)60-42-49(36-37-71-60)48-32-30-45(5)31-33-48/h19-44,74H,15-18H2,1-14H3/i5D3,6D3. The van der Waals surface area contributed by atoms with Crippen molar-refractivity contribution in [3.8, 4) is 78.6 Å². The molecule has 4 nitrogen and oxygen atoms in total. The number of phenols is 1. The minimum absolute atomic E-state index is 0.0958. The Morgan fingerprint density at radius 3 is 1.74 bits per heavy atom. The van der Waals surface area contributed by atoms with E-state index in [-0.39, 0.29) is 33.1 Å². The summed E-state index contributed by atoms with van der Waals surface area (Å²) in [5, 5.41) is 12.8. The maximum atomic E-state index is 12.8. The van der Waals surface area contributed by atoms with Crippen molar-refractivity contribution < 1.29 is 13.3 Å². The van der Waals surface area contributed by atoms with Crippen molar-refractivity contribution in [2.24, 2.45) is 0 Å². The predicted molar refractivity (Wildman–Crippen MR) is 316 cm³/mol. The topological polar surface area (TPSA) is 50.9 Å². The van der Waals surface area contributed by atoms with E-state index in [1.165, 1.54) is 11.1 Å². The van der Waals surface area contributed by atoms with Gasteiger partial charge >= 0.3 is 0 Å². The molecule has 0 aliphatic heterocycles. The molecule has 0 unspecified atom stereocenters. The van der Waals surface area contributed by atoms with Crippen LogP contribution in [0.3, 0.4) is 0 Å². The van der Waals surface area contributed by atoms with Gasteiger partial charge in [0.25, 0.3) is 0 Å². The molecular weight excluding hydrogens is 899 g/mol. The Hall–Kier alpha value is -7.04. The summed E-state index contributed by atoms with van der Waals surface area (Å²) in [6.45, 7) is 21.6. The molecule has 7 aromatic carbocycles. The molecule has 9 aromatic rings. The third-order valence-corrected chi connectivity index (χ3v) is 16.3. The van der Waals surface area contributed by atoms with Crippen LogP contribution in [0.15, 0.2) is 158 Å². The maximum absolute atomic E-state index is 12.8. The van der Waals surface area contributed by atoms with Crippen LogP contribution in [0.25, 0.3) is 83.9 Å². The molecule has 0 bridgehead atoms. The minimum Gasteiger partial charge on any atom is -0.507 e. The Bertz CT molecular complexity index is 3700. The number of para-hydroxylation sites is 1. The predicted octanol–water partition coefficient (Wildman–Crippen LogP) is 19.5. The number of aromatic hydroxyl groups is 1. The highest BCUT2D eigenvalue weighted by molar-refractivity contribution is 5.98. The zero-order chi connectivity index (χ0) is 57.9. The van der Waals surface area contributed by atoms with Gasteiger partial charge in [-0.05, 0) is 177 Å². The van der Waals surface area contributed by atoms with Gasteiger partial charge in [-0.2, -0.15) is 0 Å². The molecule has 2 heterocycles. The van der Waals surface area contributed by atoms with Crippen LogP contribution in [0.5, 0.6) is 5.75 Å². The molecular formula is C70H77N3O. The highest BCUT2D eigenvalue weighted by Gasteiger charge is 2.34. The first kappa shape index (κ1) is 44.4. The van der Waals surface area contributed by atoms with Gasteiger partial charge < -0.3 is 5.11 Å². The Balaban J connectivity index is 1.36. The van der Waals surface area contributed by atoms with Crippen molar-refractivity contribution in [2.45, 2.75) is 144 Å². The summed E-state index contributed by atoms with van der Waals surface area (Å²) in [6, 6.07) is 50.4. The molecule has 0 aliphatic rings. The van der Waals surface area contributed by atoms with Gasteiger partial charge in [-0.1, -0.05) is 186 Å². The number of pyridine rings is 1. The number of rotatable bonds is 13. The smallest absolute Gasteiger partial charge is 0.149 e. The van der Waals surface area contributed by atoms with Crippen LogP contribution in [0.1, 0.15) is 150 Å². The fourth-order valence-corrected chi connectivity index (χ4v) is 10.7. The Kier molecular flexibility index (Phi) is 12.0. The van der Waals surface area contributed by atoms with Gasteiger partial charge in [0, 0.05) is 31.1 Å². The lowest BCUT2D eigenvalue weighted by Gasteiger charge is -2.36. The summed E-state index contributed by atoms with van der Waals surface area (Å²) < 4.78 is 54.1. The molecule has 0 amide bonds. The maximum Gasteiger partial charge on any atom is 0.149 e. The van der Waals surface area contributed by atoms with Crippen molar-refractivity contribution in [3.63, 3.8) is 0 Å². The van der Waals surface area contributed by atoms with Gasteiger partial charge in [-0.25, -0.2) is 4.98 Å². The SMILES string of the molecule is [2H]C([2H])([2H])c1ccc(-c2ccnc(-c3cc(-c4ccccc4)cc(-c4cccc5c4nc(-c4cc(C(C)(C)C)cc(C(C)(C)C)c4O)n5-c4ccc(-c5c(C(C)(CC)CC)cccc5C(C)(CC)CC)cc4C([2H])([2H])[2H])c3)c2)cc1. The molecule has 0 spiro atoms. The van der Waals surface area contributed by atoms with E-state index >= 15 is 0 Å². The van der Waals surface area contributed by atoms with Crippen LogP contribution in [-0.4, -0.2) is 19.6 Å². The minimum atomic E-state index is -2.58. The van der Waals surface area contributed by atoms with Gasteiger partial charge in [0.15, 0.2) is 0 Å². The number of aromatic nitrogens is 3. The van der Waals surface area contributed by atoms with Crippen LogP contribution in [0.2, 0.25) is 0 Å². The van der Waals surface area contributed by atoms with E-state index in [1.807, 2.05) is 77.4 Å². The van der Waals surface area contributed by atoms with Crippen molar-refractivity contribution in [2.75, 3.05) is 0 Å². The summed E-state index contributed by atoms with van der Waals surface area (Å²) in [7, 11) is 0. The van der Waals surface area contributed by atoms with Crippen LogP contribution in [0, 0.1) is 13.7 Å². The lowest BCUT2D eigenvalue weighted by Crippen LogP contribution is -2.25. The van der Waals surface area contributed by atoms with Gasteiger partial charge in [0.2, 0.25) is 0 Å². The molecule has 1 N–H and O–H groups in total. The van der Waals surface area contributed by atoms with Gasteiger partial charge in [0.05, 0.1) is 28.0 Å². The second-order valence-electron chi connectivity index (χ2n) is 23.0. The summed E-state index contributed by atoms with van der Waals surface area (Å²) in [5.41, 5.74) is 14.8. The number of fused-ring (bicyclic) bond motifs is 1. The normalized spacial score (nSPS) is 14.0. The second-order valence-corrected chi connectivity index (χ2v) is 23.0. The average molecular weight is 982 g/mol. The Labute approximate surface area is 451 Å². The van der Waals surface area contributed by atoms with Crippen molar-refractivity contribution in [1.29, 1.82) is 0 Å². The molecule has 0 atom stereocenters. The average Bonchev–Trinajstić information content (AvgIpc) is 3.88. The zero-order valence-electron chi connectivity index (χ0n) is 51.6. The molecule has 0 aliphatic carbocycles. The lowest BCUT2D eigenvalue weighted by atomic mass is 9.68. The van der Waals surface area contributed by atoms with Crippen LogP contribution >= 0.6 is 0 Å². The third kappa shape index (κ3) is 9.65. The van der Waals surface area contributed by atoms with E-state index < -0.39 is 19.1 Å². The molecule has 378 valence electrons. The molecule has 0 saturated carbocycles. The van der Waals surface area contributed by atoms with Crippen LogP contribution in [0.4, 0.5) is 0 Å². The first-order chi connectivity index (χ1) is 37.6. The molecule has 0 fully saturated rings. The van der Waals surface area contributed by atoms with Crippen molar-refractivity contribution >= 4 is 11.0 Å². The summed E-state index contributed by atoms with van der Waals surface area (Å²) in [5.74, 6) is 0.520. The first-order valence-corrected chi connectivity index (χ1v) is 26.6. The van der Waals surface area contributed by atoms with E-state index in [1.54, 1.807) is 18.3 Å². The zero-order valence-corrected chi connectivity index (χ0v) is 45.6. The molecule has 0 radical (unpaired) electrons. The number of imidazole rings is 1. The number of nitrogens with zero attached hydrogens (tertiary/aromatic N) is 3. The van der Waals surface area contributed by atoms with E-state index in [0.29, 0.717) is 28.1 Å². The highest BCUT2D eigenvalue weighted by atomic mass is 16.3. The summed E-state index contributed by atoms with van der Waals surface area (Å²) >= 11 is 0. The number of phenolic OH excluding ortho intramolecular Hbond substituents is 1. The molecule has 4 heteroatoms. The van der Waals surface area contributed by atoms with Gasteiger partial charge in [-0.3, -0.25) is 9.55 Å². The lowest BCUT2D eigenvalue weighted by molar-refractivity contribution is 0.426. The fourth-order valence-electron chi connectivity index (χ4n) is 10.7. The van der Waals surface area contributed by atoms with Crippen molar-refractivity contribution in [1.82, 2.24) is 14.5 Å². The van der Waals surface area contributed by atoms with Gasteiger partial charge in [-0.15, -0.1) is 0 Å². The Morgan fingerprint density at radius 2 is 1.12 bits per heavy atom. The van der Waals surface area contributed by atoms with Gasteiger partial charge in [0.1, 0.15) is 11.6 Å². The number of aryl methyl sites for hydroxylation is 2. The highest BCUT2D eigenvalue weighted by Crippen LogP contribution is 2.48.